The van der Waals surface area contributed by atoms with Crippen LogP contribution in [0.2, 0.25) is 0 Å². The maximum absolute atomic E-state index is 13.2. The normalized spacial score (nSPS) is 20.4. The van der Waals surface area contributed by atoms with E-state index in [1.165, 1.54) is 13.2 Å². The van der Waals surface area contributed by atoms with Gasteiger partial charge in [-0.15, -0.1) is 0 Å². The molecule has 0 aliphatic carbocycles. The van der Waals surface area contributed by atoms with E-state index in [1.807, 2.05) is 0 Å². The fourth-order valence-corrected chi connectivity index (χ4v) is 1.58. The predicted molar refractivity (Wildman–Crippen MR) is 54.7 cm³/mol. The number of carbonyl (C=O) groups is 1. The molecule has 0 bridgehead atoms. The summed E-state index contributed by atoms with van der Waals surface area (Å²) >= 11 is 0. The highest BCUT2D eigenvalue weighted by Gasteiger charge is 2.21. The van der Waals surface area contributed by atoms with E-state index in [0.717, 1.165) is 5.56 Å². The fourth-order valence-electron chi connectivity index (χ4n) is 1.58. The third-order valence-electron chi connectivity index (χ3n) is 2.45. The third-order valence-corrected chi connectivity index (χ3v) is 2.45. The summed E-state index contributed by atoms with van der Waals surface area (Å²) in [6.45, 7) is 0.429. The summed E-state index contributed by atoms with van der Waals surface area (Å²) in [6, 6.07) is 4.53. The van der Waals surface area contributed by atoms with Gasteiger partial charge in [-0.1, -0.05) is 6.07 Å². The van der Waals surface area contributed by atoms with Gasteiger partial charge in [-0.3, -0.25) is 4.79 Å². The van der Waals surface area contributed by atoms with Gasteiger partial charge in [-0.2, -0.15) is 0 Å². The molecule has 0 saturated carbocycles. The second-order valence-corrected chi connectivity index (χ2v) is 3.50. The number of hydrogen-bond acceptors (Lipinski definition) is 3. The number of ether oxygens (including phenoxy) is 2. The van der Waals surface area contributed by atoms with Crippen LogP contribution in [0, 0.1) is 5.82 Å². The van der Waals surface area contributed by atoms with Gasteiger partial charge in [0.2, 0.25) is 5.91 Å². The van der Waals surface area contributed by atoms with Crippen LogP contribution in [-0.2, 0) is 9.53 Å². The highest BCUT2D eigenvalue weighted by atomic mass is 19.1. The van der Waals surface area contributed by atoms with Gasteiger partial charge in [0.15, 0.2) is 11.6 Å². The SMILES string of the molecule is COc1cc(C2CNC(=O)CO2)ccc1F. The molecule has 2 rings (SSSR count). The Morgan fingerprint density at radius 2 is 2.38 bits per heavy atom. The fraction of sp³-hybridized carbons (Fsp3) is 0.364. The standard InChI is InChI=1S/C11H12FNO3/c1-15-9-4-7(2-3-8(9)12)10-5-13-11(14)6-16-10/h2-4,10H,5-6H2,1H3,(H,13,14). The number of carbonyl (C=O) groups excluding carboxylic acids is 1. The number of morpholine rings is 1. The van der Waals surface area contributed by atoms with E-state index in [4.69, 9.17) is 9.47 Å². The van der Waals surface area contributed by atoms with Crippen molar-refractivity contribution < 1.29 is 18.7 Å². The number of halogens is 1. The smallest absolute Gasteiger partial charge is 0.246 e. The van der Waals surface area contributed by atoms with E-state index in [2.05, 4.69) is 5.32 Å². The number of nitrogens with one attached hydrogen (secondary N) is 1. The third kappa shape index (κ3) is 2.14. The molecule has 1 aliphatic heterocycles. The average Bonchev–Trinajstić information content (AvgIpc) is 2.31. The maximum atomic E-state index is 13.2. The number of amides is 1. The Morgan fingerprint density at radius 1 is 1.56 bits per heavy atom. The van der Waals surface area contributed by atoms with Crippen molar-refractivity contribution in [3.8, 4) is 5.75 Å². The molecule has 4 nitrogen and oxygen atoms in total. The van der Waals surface area contributed by atoms with Crippen LogP contribution in [-0.4, -0.2) is 26.2 Å². The zero-order chi connectivity index (χ0) is 11.5. The van der Waals surface area contributed by atoms with E-state index in [1.54, 1.807) is 12.1 Å². The quantitative estimate of drug-likeness (QED) is 0.817. The molecule has 16 heavy (non-hydrogen) atoms. The molecule has 1 unspecified atom stereocenters. The second-order valence-electron chi connectivity index (χ2n) is 3.50. The summed E-state index contributed by atoms with van der Waals surface area (Å²) in [5.41, 5.74) is 0.790. The van der Waals surface area contributed by atoms with Crippen LogP contribution in [0.4, 0.5) is 4.39 Å². The Bertz CT molecular complexity index is 398. The van der Waals surface area contributed by atoms with Crippen molar-refractivity contribution in [2.45, 2.75) is 6.10 Å². The first-order valence-electron chi connectivity index (χ1n) is 4.92. The summed E-state index contributed by atoms with van der Waals surface area (Å²) in [5, 5.41) is 2.68. The lowest BCUT2D eigenvalue weighted by Crippen LogP contribution is -2.38. The van der Waals surface area contributed by atoms with E-state index in [9.17, 15) is 9.18 Å². The van der Waals surface area contributed by atoms with Gasteiger partial charge in [0.25, 0.3) is 0 Å². The molecule has 1 saturated heterocycles. The van der Waals surface area contributed by atoms with Crippen LogP contribution in [0.1, 0.15) is 11.7 Å². The Labute approximate surface area is 92.4 Å². The average molecular weight is 225 g/mol. The molecule has 0 spiro atoms. The minimum atomic E-state index is -0.411. The molecule has 1 aromatic rings. The first-order valence-corrected chi connectivity index (χ1v) is 4.92. The number of benzene rings is 1. The highest BCUT2D eigenvalue weighted by molar-refractivity contribution is 5.77. The molecule has 1 aliphatic rings. The van der Waals surface area contributed by atoms with Crippen molar-refractivity contribution in [3.63, 3.8) is 0 Å². The molecule has 0 aromatic heterocycles. The van der Waals surface area contributed by atoms with Gasteiger partial charge >= 0.3 is 0 Å². The topological polar surface area (TPSA) is 47.6 Å². The molecule has 1 aromatic carbocycles. The van der Waals surface area contributed by atoms with Gasteiger partial charge < -0.3 is 14.8 Å². The van der Waals surface area contributed by atoms with Crippen LogP contribution in [0.15, 0.2) is 18.2 Å². The lowest BCUT2D eigenvalue weighted by molar-refractivity contribution is -0.133. The molecule has 1 heterocycles. The lowest BCUT2D eigenvalue weighted by atomic mass is 10.1. The molecule has 0 radical (unpaired) electrons. The monoisotopic (exact) mass is 225 g/mol. The largest absolute Gasteiger partial charge is 0.494 e. The lowest BCUT2D eigenvalue weighted by Gasteiger charge is -2.23. The van der Waals surface area contributed by atoms with E-state index in [0.29, 0.717) is 6.54 Å². The molecule has 5 heteroatoms. The first kappa shape index (κ1) is 10.9. The van der Waals surface area contributed by atoms with Gasteiger partial charge in [0.05, 0.1) is 7.11 Å². The van der Waals surface area contributed by atoms with Crippen LogP contribution in [0.3, 0.4) is 0 Å². The van der Waals surface area contributed by atoms with Crippen LogP contribution < -0.4 is 10.1 Å². The summed E-state index contributed by atoms with van der Waals surface area (Å²) in [6.07, 6.45) is -0.243. The Morgan fingerprint density at radius 3 is 3.00 bits per heavy atom. The zero-order valence-corrected chi connectivity index (χ0v) is 8.83. The van der Waals surface area contributed by atoms with E-state index >= 15 is 0 Å². The van der Waals surface area contributed by atoms with Crippen LogP contribution >= 0.6 is 0 Å². The Hall–Kier alpha value is -1.62. The molecular weight excluding hydrogens is 213 g/mol. The van der Waals surface area contributed by atoms with Gasteiger partial charge in [0.1, 0.15) is 12.7 Å². The van der Waals surface area contributed by atoms with Crippen molar-refractivity contribution >= 4 is 5.91 Å². The first-order chi connectivity index (χ1) is 7.70. The van der Waals surface area contributed by atoms with Crippen molar-refractivity contribution in [1.82, 2.24) is 5.32 Å². The van der Waals surface area contributed by atoms with E-state index < -0.39 is 5.82 Å². The second kappa shape index (κ2) is 4.49. The summed E-state index contributed by atoms with van der Waals surface area (Å²) in [5.74, 6) is -0.366. The highest BCUT2D eigenvalue weighted by Crippen LogP contribution is 2.25. The Balaban J connectivity index is 2.17. The van der Waals surface area contributed by atoms with Gasteiger partial charge in [0, 0.05) is 6.54 Å². The molecule has 86 valence electrons. The number of methoxy groups -OCH3 is 1. The minimum Gasteiger partial charge on any atom is -0.494 e. The Kier molecular flexibility index (Phi) is 3.05. The number of hydrogen-bond donors (Lipinski definition) is 1. The molecule has 1 N–H and O–H groups in total. The molecule has 1 amide bonds. The molecular formula is C11H12FNO3. The van der Waals surface area contributed by atoms with Crippen molar-refractivity contribution in [3.05, 3.63) is 29.6 Å². The minimum absolute atomic E-state index is 0.0321. The molecule has 1 atom stereocenters. The van der Waals surface area contributed by atoms with Gasteiger partial charge in [-0.25, -0.2) is 4.39 Å². The summed E-state index contributed by atoms with van der Waals surface area (Å²) in [4.78, 5) is 10.9. The van der Waals surface area contributed by atoms with Gasteiger partial charge in [-0.05, 0) is 17.7 Å². The number of rotatable bonds is 2. The van der Waals surface area contributed by atoms with Crippen molar-refractivity contribution in [2.24, 2.45) is 0 Å². The summed E-state index contributed by atoms with van der Waals surface area (Å²) in [7, 11) is 1.41. The predicted octanol–water partition coefficient (Wildman–Crippen LogP) is 1.02. The summed E-state index contributed by atoms with van der Waals surface area (Å²) < 4.78 is 23.4. The van der Waals surface area contributed by atoms with E-state index in [-0.39, 0.29) is 24.4 Å². The van der Waals surface area contributed by atoms with Crippen LogP contribution in [0.25, 0.3) is 0 Å². The maximum Gasteiger partial charge on any atom is 0.246 e. The van der Waals surface area contributed by atoms with Crippen molar-refractivity contribution in [1.29, 1.82) is 0 Å². The van der Waals surface area contributed by atoms with Crippen molar-refractivity contribution in [2.75, 3.05) is 20.3 Å². The zero-order valence-electron chi connectivity index (χ0n) is 8.83. The van der Waals surface area contributed by atoms with Crippen LogP contribution in [0.5, 0.6) is 5.75 Å². The molecule has 1 fully saturated rings.